The number of amidine groups is 1. The molecule has 1 N–H and O–H groups in total. The van der Waals surface area contributed by atoms with Crippen LogP contribution in [0, 0.1) is 0 Å². The minimum Gasteiger partial charge on any atom is -0.370 e. The molecular formula is C11H18N2. The molecule has 1 aliphatic heterocycles. The van der Waals surface area contributed by atoms with Gasteiger partial charge in [-0.3, -0.25) is 4.99 Å². The Kier molecular flexibility index (Phi) is 3.74. The summed E-state index contributed by atoms with van der Waals surface area (Å²) >= 11 is 0. The van der Waals surface area contributed by atoms with E-state index in [2.05, 4.69) is 36.3 Å². The van der Waals surface area contributed by atoms with Crippen molar-refractivity contribution in [3.63, 3.8) is 0 Å². The lowest BCUT2D eigenvalue weighted by Crippen LogP contribution is -2.31. The van der Waals surface area contributed by atoms with E-state index in [1.54, 1.807) is 0 Å². The molecule has 0 saturated carbocycles. The summed E-state index contributed by atoms with van der Waals surface area (Å²) in [5, 5.41) is 3.30. The molecule has 0 aliphatic carbocycles. The minimum atomic E-state index is 1.05. The van der Waals surface area contributed by atoms with Gasteiger partial charge < -0.3 is 5.32 Å². The molecule has 0 atom stereocenters. The fourth-order valence-corrected chi connectivity index (χ4v) is 1.37. The second kappa shape index (κ2) is 4.85. The summed E-state index contributed by atoms with van der Waals surface area (Å²) in [5.74, 6) is 1.06. The lowest BCUT2D eigenvalue weighted by Gasteiger charge is -2.18. The van der Waals surface area contributed by atoms with Crippen molar-refractivity contribution < 1.29 is 0 Å². The van der Waals surface area contributed by atoms with Crippen LogP contribution in [-0.2, 0) is 0 Å². The van der Waals surface area contributed by atoms with Crippen LogP contribution < -0.4 is 5.32 Å². The molecule has 2 heteroatoms. The Morgan fingerprint density at radius 3 is 2.85 bits per heavy atom. The van der Waals surface area contributed by atoms with Crippen LogP contribution in [-0.4, -0.2) is 19.4 Å². The molecule has 0 aromatic heterocycles. The average Bonchev–Trinajstić information content (AvgIpc) is 2.15. The van der Waals surface area contributed by atoms with Gasteiger partial charge in [0.05, 0.1) is 0 Å². The van der Waals surface area contributed by atoms with E-state index in [1.165, 1.54) is 17.6 Å². The summed E-state index contributed by atoms with van der Waals surface area (Å²) in [5.41, 5.74) is 2.66. The van der Waals surface area contributed by atoms with Crippen LogP contribution >= 0.6 is 0 Å². The summed E-state index contributed by atoms with van der Waals surface area (Å²) in [6.07, 6.45) is 6.67. The summed E-state index contributed by atoms with van der Waals surface area (Å²) in [6, 6.07) is 0. The number of hydrogen-bond donors (Lipinski definition) is 1. The van der Waals surface area contributed by atoms with Gasteiger partial charge in [0.25, 0.3) is 0 Å². The Hall–Kier alpha value is -1.05. The topological polar surface area (TPSA) is 24.4 Å². The van der Waals surface area contributed by atoms with Gasteiger partial charge in [-0.15, -0.1) is 0 Å². The molecule has 1 rings (SSSR count). The van der Waals surface area contributed by atoms with Crippen molar-refractivity contribution in [3.8, 4) is 0 Å². The van der Waals surface area contributed by atoms with Crippen molar-refractivity contribution in [2.75, 3.05) is 13.6 Å². The van der Waals surface area contributed by atoms with Gasteiger partial charge in [0.1, 0.15) is 5.84 Å². The number of rotatable bonds is 1. The smallest absolute Gasteiger partial charge is 0.123 e. The number of nitrogens with one attached hydrogen (secondary N) is 1. The molecule has 1 aliphatic rings. The quantitative estimate of drug-likeness (QED) is 0.654. The lowest BCUT2D eigenvalue weighted by molar-refractivity contribution is 0.736. The van der Waals surface area contributed by atoms with Gasteiger partial charge >= 0.3 is 0 Å². The zero-order valence-corrected chi connectivity index (χ0v) is 8.72. The molecule has 0 radical (unpaired) electrons. The molecule has 0 unspecified atom stereocenters. The molecule has 2 nitrogen and oxygen atoms in total. The first-order valence-electron chi connectivity index (χ1n) is 4.79. The third-order valence-corrected chi connectivity index (χ3v) is 2.06. The second-order valence-electron chi connectivity index (χ2n) is 3.54. The highest BCUT2D eigenvalue weighted by molar-refractivity contribution is 5.99. The van der Waals surface area contributed by atoms with E-state index in [9.17, 15) is 0 Å². The number of nitrogens with zero attached hydrogens (tertiary/aromatic N) is 1. The Bertz CT molecular complexity index is 255. The minimum absolute atomic E-state index is 1.05. The Morgan fingerprint density at radius 1 is 1.46 bits per heavy atom. The van der Waals surface area contributed by atoms with Gasteiger partial charge in [-0.05, 0) is 32.3 Å². The van der Waals surface area contributed by atoms with E-state index in [4.69, 9.17) is 0 Å². The van der Waals surface area contributed by atoms with Crippen LogP contribution in [0.4, 0.5) is 0 Å². The van der Waals surface area contributed by atoms with Crippen LogP contribution in [0.2, 0.25) is 0 Å². The van der Waals surface area contributed by atoms with Crippen molar-refractivity contribution in [2.24, 2.45) is 4.99 Å². The molecule has 13 heavy (non-hydrogen) atoms. The maximum absolute atomic E-state index is 4.21. The van der Waals surface area contributed by atoms with E-state index in [0.717, 1.165) is 18.8 Å². The van der Waals surface area contributed by atoms with Gasteiger partial charge in [0.15, 0.2) is 0 Å². The summed E-state index contributed by atoms with van der Waals surface area (Å²) in [7, 11) is 1.84. The molecule has 0 spiro atoms. The lowest BCUT2D eigenvalue weighted by atomic mass is 10.0. The molecular weight excluding hydrogens is 160 g/mol. The van der Waals surface area contributed by atoms with Crippen LogP contribution in [0.5, 0.6) is 0 Å². The molecule has 72 valence electrons. The van der Waals surface area contributed by atoms with E-state index >= 15 is 0 Å². The van der Waals surface area contributed by atoms with E-state index in [-0.39, 0.29) is 0 Å². The molecule has 0 aromatic rings. The van der Waals surface area contributed by atoms with Crippen LogP contribution in [0.3, 0.4) is 0 Å². The molecule has 1 fully saturated rings. The van der Waals surface area contributed by atoms with Crippen molar-refractivity contribution in [1.29, 1.82) is 0 Å². The maximum atomic E-state index is 4.21. The summed E-state index contributed by atoms with van der Waals surface area (Å²) < 4.78 is 0. The predicted molar refractivity (Wildman–Crippen MR) is 58.1 cm³/mol. The molecule has 0 bridgehead atoms. The molecule has 0 amide bonds. The van der Waals surface area contributed by atoms with E-state index in [1.807, 2.05) is 7.05 Å². The third kappa shape index (κ3) is 3.05. The van der Waals surface area contributed by atoms with Gasteiger partial charge in [-0.25, -0.2) is 0 Å². The Balaban J connectivity index is 2.76. The number of allylic oxidation sites excluding steroid dienone is 3. The monoisotopic (exact) mass is 178 g/mol. The van der Waals surface area contributed by atoms with Gasteiger partial charge in [0.2, 0.25) is 0 Å². The fourth-order valence-electron chi connectivity index (χ4n) is 1.37. The Labute approximate surface area is 80.4 Å². The number of hydrogen-bond acceptors (Lipinski definition) is 1. The largest absolute Gasteiger partial charge is 0.370 e. The van der Waals surface area contributed by atoms with Crippen LogP contribution in [0.15, 0.2) is 28.3 Å². The standard InChI is InChI=1S/C11H18N2/c1-9(2)6-7-10-5-4-8-13-11(10)12-3/h6-7H,4-5,8H2,1-3H3,(H,12,13)/b10-7-. The van der Waals surface area contributed by atoms with Gasteiger partial charge in [0, 0.05) is 13.6 Å². The van der Waals surface area contributed by atoms with E-state index < -0.39 is 0 Å². The first-order chi connectivity index (χ1) is 6.24. The van der Waals surface area contributed by atoms with E-state index in [0.29, 0.717) is 0 Å². The highest BCUT2D eigenvalue weighted by Crippen LogP contribution is 2.11. The molecule has 1 saturated heterocycles. The van der Waals surface area contributed by atoms with Gasteiger partial charge in [-0.1, -0.05) is 17.7 Å². The van der Waals surface area contributed by atoms with Crippen molar-refractivity contribution in [1.82, 2.24) is 5.32 Å². The highest BCUT2D eigenvalue weighted by atomic mass is 15.0. The van der Waals surface area contributed by atoms with Crippen molar-refractivity contribution in [3.05, 3.63) is 23.3 Å². The van der Waals surface area contributed by atoms with Crippen molar-refractivity contribution >= 4 is 5.84 Å². The summed E-state index contributed by atoms with van der Waals surface area (Å²) in [4.78, 5) is 4.21. The van der Waals surface area contributed by atoms with Crippen LogP contribution in [0.1, 0.15) is 26.7 Å². The zero-order valence-electron chi connectivity index (χ0n) is 8.72. The number of piperidine rings is 1. The normalized spacial score (nSPS) is 23.0. The predicted octanol–water partition coefficient (Wildman–Crippen LogP) is 2.29. The van der Waals surface area contributed by atoms with Crippen LogP contribution in [0.25, 0.3) is 0 Å². The zero-order chi connectivity index (χ0) is 9.68. The maximum Gasteiger partial charge on any atom is 0.123 e. The first-order valence-corrected chi connectivity index (χ1v) is 4.79. The highest BCUT2D eigenvalue weighted by Gasteiger charge is 2.09. The van der Waals surface area contributed by atoms with Gasteiger partial charge in [-0.2, -0.15) is 0 Å². The fraction of sp³-hybridized carbons (Fsp3) is 0.545. The third-order valence-electron chi connectivity index (χ3n) is 2.06. The van der Waals surface area contributed by atoms with Crippen molar-refractivity contribution in [2.45, 2.75) is 26.7 Å². The average molecular weight is 178 g/mol. The molecule has 0 aromatic carbocycles. The molecule has 1 heterocycles. The Morgan fingerprint density at radius 2 is 2.23 bits per heavy atom. The first kappa shape index (κ1) is 10.0. The SMILES string of the molecule is C/N=C1/NCCC/C1=C/C=C(C)C. The summed E-state index contributed by atoms with van der Waals surface area (Å²) in [6.45, 7) is 5.27. The number of aliphatic imine (C=N–C) groups is 1. The second-order valence-corrected chi connectivity index (χ2v) is 3.54.